The van der Waals surface area contributed by atoms with E-state index in [4.69, 9.17) is 4.98 Å². The summed E-state index contributed by atoms with van der Waals surface area (Å²) in [6.45, 7) is 6.66. The Morgan fingerprint density at radius 3 is 2.72 bits per heavy atom. The van der Waals surface area contributed by atoms with Crippen LogP contribution >= 0.6 is 0 Å². The number of carbonyl (C=O) groups is 1. The van der Waals surface area contributed by atoms with Gasteiger partial charge < -0.3 is 10.2 Å². The Balaban J connectivity index is 1.42. The van der Waals surface area contributed by atoms with Crippen LogP contribution in [0.25, 0.3) is 0 Å². The first-order valence-electron chi connectivity index (χ1n) is 9.79. The van der Waals surface area contributed by atoms with Crippen molar-refractivity contribution in [2.45, 2.75) is 57.4 Å². The van der Waals surface area contributed by atoms with Crippen molar-refractivity contribution < 1.29 is 4.79 Å². The molecule has 1 aromatic heterocycles. The zero-order chi connectivity index (χ0) is 17.2. The standard InChI is InChI=1S/C19H29N5O/c1-14-20-17(11-18(21-14)24-9-2-3-10-24)15-5-4-8-23(12-15)13-19(25)22-16-6-7-16/h11,15-16H,2-10,12-13H2,1H3,(H,22,25)/t15-/m0/s1. The van der Waals surface area contributed by atoms with Gasteiger partial charge in [-0.25, -0.2) is 9.97 Å². The van der Waals surface area contributed by atoms with Crippen molar-refractivity contribution in [3.8, 4) is 0 Å². The molecule has 6 heteroatoms. The number of hydrogen-bond donors (Lipinski definition) is 1. The number of nitrogens with zero attached hydrogens (tertiary/aromatic N) is 4. The van der Waals surface area contributed by atoms with Gasteiger partial charge in [0.15, 0.2) is 0 Å². The molecule has 25 heavy (non-hydrogen) atoms. The lowest BCUT2D eigenvalue weighted by Crippen LogP contribution is -2.42. The third-order valence-corrected chi connectivity index (χ3v) is 5.51. The first-order chi connectivity index (χ1) is 12.2. The molecule has 3 heterocycles. The molecule has 136 valence electrons. The lowest BCUT2D eigenvalue weighted by Gasteiger charge is -2.32. The monoisotopic (exact) mass is 343 g/mol. The average molecular weight is 343 g/mol. The molecule has 2 saturated heterocycles. The fraction of sp³-hybridized carbons (Fsp3) is 0.737. The predicted molar refractivity (Wildman–Crippen MR) is 97.8 cm³/mol. The summed E-state index contributed by atoms with van der Waals surface area (Å²) in [4.78, 5) is 26.2. The number of carbonyl (C=O) groups excluding carboxylic acids is 1. The summed E-state index contributed by atoms with van der Waals surface area (Å²) in [6.07, 6.45) is 7.08. The van der Waals surface area contributed by atoms with Crippen LogP contribution in [0, 0.1) is 6.92 Å². The van der Waals surface area contributed by atoms with Crippen molar-refractivity contribution in [3.05, 3.63) is 17.6 Å². The average Bonchev–Trinajstić information content (AvgIpc) is 3.23. The minimum absolute atomic E-state index is 0.180. The third kappa shape index (κ3) is 4.29. The molecule has 3 aliphatic rings. The van der Waals surface area contributed by atoms with Gasteiger partial charge in [-0.1, -0.05) is 0 Å². The van der Waals surface area contributed by atoms with Crippen LogP contribution < -0.4 is 10.2 Å². The Hall–Kier alpha value is -1.69. The minimum Gasteiger partial charge on any atom is -0.357 e. The van der Waals surface area contributed by atoms with E-state index in [-0.39, 0.29) is 5.91 Å². The summed E-state index contributed by atoms with van der Waals surface area (Å²) in [7, 11) is 0. The van der Waals surface area contributed by atoms with E-state index < -0.39 is 0 Å². The molecule has 1 amide bonds. The van der Waals surface area contributed by atoms with Crippen LogP contribution in [0.3, 0.4) is 0 Å². The Bertz CT molecular complexity index is 624. The summed E-state index contributed by atoms with van der Waals surface area (Å²) in [5.41, 5.74) is 1.15. The van der Waals surface area contributed by atoms with Crippen molar-refractivity contribution in [1.29, 1.82) is 0 Å². The third-order valence-electron chi connectivity index (χ3n) is 5.51. The molecule has 2 aliphatic heterocycles. The van der Waals surface area contributed by atoms with Crippen LogP contribution in [-0.2, 0) is 4.79 Å². The van der Waals surface area contributed by atoms with E-state index in [9.17, 15) is 4.79 Å². The van der Waals surface area contributed by atoms with Gasteiger partial charge in [0.2, 0.25) is 5.91 Å². The first kappa shape index (κ1) is 16.8. The molecule has 4 rings (SSSR count). The van der Waals surface area contributed by atoms with Gasteiger partial charge in [0.05, 0.1) is 12.2 Å². The van der Waals surface area contributed by atoms with E-state index in [1.54, 1.807) is 0 Å². The van der Waals surface area contributed by atoms with Crippen molar-refractivity contribution in [2.24, 2.45) is 0 Å². The lowest BCUT2D eigenvalue weighted by atomic mass is 9.94. The van der Waals surface area contributed by atoms with E-state index in [0.29, 0.717) is 18.5 Å². The SMILES string of the molecule is Cc1nc([C@H]2CCCN(CC(=O)NC3CC3)C2)cc(N2CCCC2)n1. The summed E-state index contributed by atoms with van der Waals surface area (Å²) < 4.78 is 0. The van der Waals surface area contributed by atoms with E-state index in [1.807, 2.05) is 6.92 Å². The van der Waals surface area contributed by atoms with Gasteiger partial charge in [0.1, 0.15) is 11.6 Å². The number of piperidine rings is 1. The van der Waals surface area contributed by atoms with Gasteiger partial charge in [-0.2, -0.15) is 0 Å². The van der Waals surface area contributed by atoms with Gasteiger partial charge in [-0.3, -0.25) is 9.69 Å². The molecular formula is C19H29N5O. The molecule has 1 saturated carbocycles. The maximum absolute atomic E-state index is 12.1. The lowest BCUT2D eigenvalue weighted by molar-refractivity contribution is -0.122. The molecular weight excluding hydrogens is 314 g/mol. The number of hydrogen-bond acceptors (Lipinski definition) is 5. The maximum Gasteiger partial charge on any atom is 0.234 e. The molecule has 1 aliphatic carbocycles. The molecule has 0 aromatic carbocycles. The fourth-order valence-electron chi connectivity index (χ4n) is 4.04. The second-order valence-corrected chi connectivity index (χ2v) is 7.81. The Labute approximate surface area is 150 Å². The summed E-state index contributed by atoms with van der Waals surface area (Å²) >= 11 is 0. The highest BCUT2D eigenvalue weighted by molar-refractivity contribution is 5.78. The van der Waals surface area contributed by atoms with Gasteiger partial charge in [-0.05, 0) is 52.0 Å². The number of aromatic nitrogens is 2. The van der Waals surface area contributed by atoms with Gasteiger partial charge >= 0.3 is 0 Å². The number of rotatable bonds is 5. The van der Waals surface area contributed by atoms with Gasteiger partial charge in [-0.15, -0.1) is 0 Å². The molecule has 1 atom stereocenters. The molecule has 3 fully saturated rings. The normalized spacial score (nSPS) is 24.5. The molecule has 1 aromatic rings. The molecule has 0 bridgehead atoms. The fourth-order valence-corrected chi connectivity index (χ4v) is 4.04. The van der Waals surface area contributed by atoms with Crippen LogP contribution in [0.15, 0.2) is 6.07 Å². The number of nitrogens with one attached hydrogen (secondary N) is 1. The highest BCUT2D eigenvalue weighted by Crippen LogP contribution is 2.28. The minimum atomic E-state index is 0.180. The van der Waals surface area contributed by atoms with Gasteiger partial charge in [0, 0.05) is 37.7 Å². The zero-order valence-corrected chi connectivity index (χ0v) is 15.2. The van der Waals surface area contributed by atoms with E-state index in [1.165, 1.54) is 12.8 Å². The zero-order valence-electron chi connectivity index (χ0n) is 15.2. The van der Waals surface area contributed by atoms with Crippen molar-refractivity contribution >= 4 is 11.7 Å². The topological polar surface area (TPSA) is 61.4 Å². The van der Waals surface area contributed by atoms with Crippen molar-refractivity contribution in [1.82, 2.24) is 20.2 Å². The van der Waals surface area contributed by atoms with Crippen LogP contribution in [-0.4, -0.2) is 59.5 Å². The largest absolute Gasteiger partial charge is 0.357 e. The smallest absolute Gasteiger partial charge is 0.234 e. The van der Waals surface area contributed by atoms with E-state index >= 15 is 0 Å². The molecule has 6 nitrogen and oxygen atoms in total. The Morgan fingerprint density at radius 1 is 1.16 bits per heavy atom. The quantitative estimate of drug-likeness (QED) is 0.884. The van der Waals surface area contributed by atoms with Crippen molar-refractivity contribution in [2.75, 3.05) is 37.6 Å². The molecule has 1 N–H and O–H groups in total. The number of anilines is 1. The van der Waals surface area contributed by atoms with Crippen LogP contribution in [0.2, 0.25) is 0 Å². The first-order valence-corrected chi connectivity index (χ1v) is 9.79. The highest BCUT2D eigenvalue weighted by Gasteiger charge is 2.28. The second kappa shape index (κ2) is 7.28. The predicted octanol–water partition coefficient (Wildman–Crippen LogP) is 1.84. The molecule has 0 spiro atoms. The number of likely N-dealkylation sites (tertiary alicyclic amines) is 1. The maximum atomic E-state index is 12.1. The highest BCUT2D eigenvalue weighted by atomic mass is 16.2. The summed E-state index contributed by atoms with van der Waals surface area (Å²) in [5, 5.41) is 3.10. The van der Waals surface area contributed by atoms with Crippen LogP contribution in [0.4, 0.5) is 5.82 Å². The van der Waals surface area contributed by atoms with E-state index in [0.717, 1.165) is 69.2 Å². The van der Waals surface area contributed by atoms with Gasteiger partial charge in [0.25, 0.3) is 0 Å². The van der Waals surface area contributed by atoms with Crippen molar-refractivity contribution in [3.63, 3.8) is 0 Å². The Morgan fingerprint density at radius 2 is 1.96 bits per heavy atom. The van der Waals surface area contributed by atoms with Crippen LogP contribution in [0.1, 0.15) is 56.0 Å². The number of amides is 1. The summed E-state index contributed by atoms with van der Waals surface area (Å²) in [5.74, 6) is 2.54. The second-order valence-electron chi connectivity index (χ2n) is 7.81. The molecule has 0 unspecified atom stereocenters. The van der Waals surface area contributed by atoms with E-state index in [2.05, 4.69) is 26.2 Å². The van der Waals surface area contributed by atoms with Crippen LogP contribution in [0.5, 0.6) is 0 Å². The summed E-state index contributed by atoms with van der Waals surface area (Å²) in [6, 6.07) is 2.64. The Kier molecular flexibility index (Phi) is 4.88. The molecule has 0 radical (unpaired) electrons. The number of aryl methyl sites for hydroxylation is 1.